The van der Waals surface area contributed by atoms with Gasteiger partial charge in [-0.15, -0.1) is 11.3 Å². The van der Waals surface area contributed by atoms with Crippen LogP contribution in [0.1, 0.15) is 27.2 Å². The molecule has 0 aliphatic carbocycles. The van der Waals surface area contributed by atoms with Crippen molar-refractivity contribution in [2.24, 2.45) is 0 Å². The van der Waals surface area contributed by atoms with Crippen molar-refractivity contribution < 1.29 is 4.79 Å². The first-order chi connectivity index (χ1) is 11.7. The summed E-state index contributed by atoms with van der Waals surface area (Å²) in [6.45, 7) is 3.17. The van der Waals surface area contributed by atoms with E-state index in [9.17, 15) is 4.79 Å². The number of benzene rings is 1. The smallest absolute Gasteiger partial charge is 0.254 e. The van der Waals surface area contributed by atoms with Crippen molar-refractivity contribution in [3.05, 3.63) is 82.1 Å². The molecule has 3 aromatic rings. The summed E-state index contributed by atoms with van der Waals surface area (Å²) in [7, 11) is 0. The number of hydrogen-bond donors (Lipinski definition) is 0. The van der Waals surface area contributed by atoms with Crippen molar-refractivity contribution in [2.75, 3.05) is 6.54 Å². The molecule has 0 aliphatic rings. The van der Waals surface area contributed by atoms with Crippen molar-refractivity contribution in [2.45, 2.75) is 19.9 Å². The molecule has 0 N–H and O–H groups in total. The monoisotopic (exact) mass is 337 g/mol. The SMILES string of the molecule is Cc1cccc(C(=O)N(CCc2cscn2)Cc2cccnc2)c1. The summed E-state index contributed by atoms with van der Waals surface area (Å²) < 4.78 is 0. The number of aromatic nitrogens is 2. The van der Waals surface area contributed by atoms with Crippen LogP contribution in [0.5, 0.6) is 0 Å². The summed E-state index contributed by atoms with van der Waals surface area (Å²) in [5.74, 6) is 0.0396. The second-order valence-electron chi connectivity index (χ2n) is 5.69. The number of hydrogen-bond acceptors (Lipinski definition) is 4. The minimum Gasteiger partial charge on any atom is -0.334 e. The normalized spacial score (nSPS) is 10.5. The molecular weight excluding hydrogens is 318 g/mol. The van der Waals surface area contributed by atoms with Gasteiger partial charge in [0.05, 0.1) is 11.2 Å². The Morgan fingerprint density at radius 2 is 2.17 bits per heavy atom. The molecule has 1 amide bonds. The lowest BCUT2D eigenvalue weighted by Crippen LogP contribution is -2.32. The first kappa shape index (κ1) is 16.3. The molecule has 122 valence electrons. The maximum Gasteiger partial charge on any atom is 0.254 e. The number of rotatable bonds is 6. The Morgan fingerprint density at radius 1 is 1.25 bits per heavy atom. The lowest BCUT2D eigenvalue weighted by atomic mass is 10.1. The van der Waals surface area contributed by atoms with Gasteiger partial charge < -0.3 is 4.90 Å². The Labute approximate surface area is 145 Å². The maximum atomic E-state index is 12.9. The summed E-state index contributed by atoms with van der Waals surface area (Å²) in [6.07, 6.45) is 4.30. The molecule has 0 saturated heterocycles. The molecule has 24 heavy (non-hydrogen) atoms. The van der Waals surface area contributed by atoms with Crippen LogP contribution in [-0.2, 0) is 13.0 Å². The molecule has 0 bridgehead atoms. The molecule has 0 atom stereocenters. The van der Waals surface area contributed by atoms with E-state index in [0.717, 1.165) is 28.8 Å². The Balaban J connectivity index is 1.78. The van der Waals surface area contributed by atoms with Crippen molar-refractivity contribution in [1.29, 1.82) is 0 Å². The number of carbonyl (C=O) groups is 1. The molecular formula is C19H19N3OS. The zero-order chi connectivity index (χ0) is 16.8. The molecule has 0 aliphatic heterocycles. The predicted molar refractivity (Wildman–Crippen MR) is 96.0 cm³/mol. The highest BCUT2D eigenvalue weighted by atomic mass is 32.1. The van der Waals surface area contributed by atoms with Crippen molar-refractivity contribution in [1.82, 2.24) is 14.9 Å². The second-order valence-corrected chi connectivity index (χ2v) is 6.41. The standard InChI is InChI=1S/C19H19N3OS/c1-15-4-2-6-17(10-15)19(23)22(9-7-18-13-24-14-21-18)12-16-5-3-8-20-11-16/h2-6,8,10-11,13-14H,7,9,12H2,1H3. The van der Waals surface area contributed by atoms with E-state index >= 15 is 0 Å². The molecule has 2 aromatic heterocycles. The van der Waals surface area contributed by atoms with Crippen LogP contribution in [0.25, 0.3) is 0 Å². The first-order valence-electron chi connectivity index (χ1n) is 7.84. The molecule has 4 nitrogen and oxygen atoms in total. The summed E-state index contributed by atoms with van der Waals surface area (Å²) in [5.41, 5.74) is 5.67. The van der Waals surface area contributed by atoms with Gasteiger partial charge in [0, 0.05) is 42.8 Å². The Morgan fingerprint density at radius 3 is 2.88 bits per heavy atom. The van der Waals surface area contributed by atoms with Gasteiger partial charge in [0.15, 0.2) is 0 Å². The van der Waals surface area contributed by atoms with Gasteiger partial charge in [-0.25, -0.2) is 4.98 Å². The molecule has 2 heterocycles. The van der Waals surface area contributed by atoms with E-state index in [4.69, 9.17) is 0 Å². The fourth-order valence-electron chi connectivity index (χ4n) is 2.54. The number of nitrogens with zero attached hydrogens (tertiary/aromatic N) is 3. The van der Waals surface area contributed by atoms with Crippen molar-refractivity contribution >= 4 is 17.2 Å². The third-order valence-corrected chi connectivity index (χ3v) is 4.41. The van der Waals surface area contributed by atoms with Gasteiger partial charge in [-0.05, 0) is 30.7 Å². The predicted octanol–water partition coefficient (Wildman–Crippen LogP) is 3.73. The summed E-state index contributed by atoms with van der Waals surface area (Å²) in [4.78, 5) is 23.3. The van der Waals surface area contributed by atoms with Gasteiger partial charge in [-0.3, -0.25) is 9.78 Å². The van der Waals surface area contributed by atoms with E-state index in [1.54, 1.807) is 23.7 Å². The second kappa shape index (κ2) is 7.84. The van der Waals surface area contributed by atoms with Crippen molar-refractivity contribution in [3.8, 4) is 0 Å². The van der Waals surface area contributed by atoms with E-state index in [1.165, 1.54) is 0 Å². The van der Waals surface area contributed by atoms with Crippen LogP contribution < -0.4 is 0 Å². The van der Waals surface area contributed by atoms with Crippen LogP contribution in [0.15, 0.2) is 59.7 Å². The molecule has 5 heteroatoms. The Hall–Kier alpha value is -2.53. The van der Waals surface area contributed by atoms with E-state index in [-0.39, 0.29) is 5.91 Å². The van der Waals surface area contributed by atoms with Crippen LogP contribution in [0.4, 0.5) is 0 Å². The zero-order valence-corrected chi connectivity index (χ0v) is 14.4. The molecule has 0 fully saturated rings. The van der Waals surface area contributed by atoms with Crippen LogP contribution in [0.3, 0.4) is 0 Å². The van der Waals surface area contributed by atoms with Gasteiger partial charge in [0.25, 0.3) is 5.91 Å². The van der Waals surface area contributed by atoms with Crippen LogP contribution in [0.2, 0.25) is 0 Å². The lowest BCUT2D eigenvalue weighted by molar-refractivity contribution is 0.0744. The summed E-state index contributed by atoms with van der Waals surface area (Å²) >= 11 is 1.58. The van der Waals surface area contributed by atoms with Gasteiger partial charge in [0.2, 0.25) is 0 Å². The van der Waals surface area contributed by atoms with E-state index < -0.39 is 0 Å². The third kappa shape index (κ3) is 4.26. The fraction of sp³-hybridized carbons (Fsp3) is 0.211. The summed E-state index contributed by atoms with van der Waals surface area (Å²) in [6, 6.07) is 11.6. The number of pyridine rings is 1. The number of carbonyl (C=O) groups excluding carboxylic acids is 1. The highest BCUT2D eigenvalue weighted by Crippen LogP contribution is 2.13. The van der Waals surface area contributed by atoms with Crippen LogP contribution in [0, 0.1) is 6.92 Å². The largest absolute Gasteiger partial charge is 0.334 e. The number of aryl methyl sites for hydroxylation is 1. The maximum absolute atomic E-state index is 12.9. The van der Waals surface area contributed by atoms with Gasteiger partial charge >= 0.3 is 0 Å². The number of thiazole rings is 1. The quantitative estimate of drug-likeness (QED) is 0.688. The fourth-order valence-corrected chi connectivity index (χ4v) is 3.13. The highest BCUT2D eigenvalue weighted by Gasteiger charge is 2.16. The minimum absolute atomic E-state index is 0.0396. The van der Waals surface area contributed by atoms with Crippen LogP contribution >= 0.6 is 11.3 Å². The van der Waals surface area contributed by atoms with Gasteiger partial charge in [0.1, 0.15) is 0 Å². The van der Waals surface area contributed by atoms with Gasteiger partial charge in [-0.2, -0.15) is 0 Å². The average molecular weight is 337 g/mol. The zero-order valence-electron chi connectivity index (χ0n) is 13.6. The molecule has 3 rings (SSSR count). The Kier molecular flexibility index (Phi) is 5.33. The molecule has 0 unspecified atom stereocenters. The summed E-state index contributed by atoms with van der Waals surface area (Å²) in [5, 5.41) is 2.03. The third-order valence-electron chi connectivity index (χ3n) is 3.77. The van der Waals surface area contributed by atoms with E-state index in [0.29, 0.717) is 13.1 Å². The highest BCUT2D eigenvalue weighted by molar-refractivity contribution is 7.07. The van der Waals surface area contributed by atoms with E-state index in [1.807, 2.05) is 59.1 Å². The van der Waals surface area contributed by atoms with Crippen molar-refractivity contribution in [3.63, 3.8) is 0 Å². The van der Waals surface area contributed by atoms with Gasteiger partial charge in [-0.1, -0.05) is 23.8 Å². The van der Waals surface area contributed by atoms with E-state index in [2.05, 4.69) is 9.97 Å². The minimum atomic E-state index is 0.0396. The molecule has 0 radical (unpaired) electrons. The van der Waals surface area contributed by atoms with Crippen LogP contribution in [-0.4, -0.2) is 27.3 Å². The first-order valence-corrected chi connectivity index (χ1v) is 8.78. The average Bonchev–Trinajstić information content (AvgIpc) is 3.12. The molecule has 0 spiro atoms. The number of amides is 1. The molecule has 1 aromatic carbocycles. The molecule has 0 saturated carbocycles. The lowest BCUT2D eigenvalue weighted by Gasteiger charge is -2.23. The Bertz CT molecular complexity index is 787. The topological polar surface area (TPSA) is 46.1 Å².